The molecule has 0 saturated carbocycles. The van der Waals surface area contributed by atoms with E-state index in [-0.39, 0.29) is 0 Å². The normalized spacial score (nSPS) is 11.7. The minimum Gasteiger partial charge on any atom is -0.311 e. The van der Waals surface area contributed by atoms with Crippen molar-refractivity contribution in [1.29, 1.82) is 0 Å². The Morgan fingerprint density at radius 2 is 1.33 bits per heavy atom. The highest BCUT2D eigenvalue weighted by Gasteiger charge is 2.12. The monoisotopic (exact) mass is 353 g/mol. The van der Waals surface area contributed by atoms with Crippen LogP contribution >= 0.6 is 0 Å². The molecule has 1 nitrogen and oxygen atoms in total. The van der Waals surface area contributed by atoms with Gasteiger partial charge in [-0.25, -0.2) is 0 Å². The lowest BCUT2D eigenvalue weighted by Crippen LogP contribution is -2.14. The maximum Gasteiger partial charge on any atom is 0.0461 e. The first-order valence-corrected chi connectivity index (χ1v) is 9.58. The molecule has 0 amide bonds. The van der Waals surface area contributed by atoms with Crippen molar-refractivity contribution in [2.24, 2.45) is 0 Å². The van der Waals surface area contributed by atoms with Crippen LogP contribution in [0.1, 0.15) is 25.8 Å². The van der Waals surface area contributed by atoms with Gasteiger partial charge in [-0.2, -0.15) is 0 Å². The zero-order chi connectivity index (χ0) is 19.1. The van der Waals surface area contributed by atoms with Crippen molar-refractivity contribution >= 4 is 11.4 Å². The van der Waals surface area contributed by atoms with Crippen LogP contribution in [0, 0.1) is 6.92 Å². The predicted molar refractivity (Wildman–Crippen MR) is 118 cm³/mol. The molecule has 0 radical (unpaired) electrons. The second-order valence-corrected chi connectivity index (χ2v) is 6.61. The van der Waals surface area contributed by atoms with Crippen LogP contribution in [-0.4, -0.2) is 0 Å². The van der Waals surface area contributed by atoms with E-state index in [0.29, 0.717) is 0 Å². The van der Waals surface area contributed by atoms with E-state index in [1.54, 1.807) is 0 Å². The third-order valence-corrected chi connectivity index (χ3v) is 4.60. The minimum atomic E-state index is 1.02. The van der Waals surface area contributed by atoms with Crippen molar-refractivity contribution in [2.45, 2.75) is 27.2 Å². The fourth-order valence-electron chi connectivity index (χ4n) is 3.11. The van der Waals surface area contributed by atoms with E-state index < -0.39 is 0 Å². The van der Waals surface area contributed by atoms with Gasteiger partial charge in [0.15, 0.2) is 0 Å². The maximum atomic E-state index is 2.30. The molecule has 3 rings (SSSR count). The first-order valence-electron chi connectivity index (χ1n) is 9.58. The minimum absolute atomic E-state index is 1.02. The van der Waals surface area contributed by atoms with E-state index >= 15 is 0 Å². The van der Waals surface area contributed by atoms with Crippen LogP contribution in [0.15, 0.2) is 103 Å². The number of hydrogen-bond acceptors (Lipinski definition) is 1. The largest absolute Gasteiger partial charge is 0.311 e. The van der Waals surface area contributed by atoms with Gasteiger partial charge in [0.1, 0.15) is 0 Å². The van der Waals surface area contributed by atoms with Crippen molar-refractivity contribution < 1.29 is 0 Å². The van der Waals surface area contributed by atoms with Gasteiger partial charge < -0.3 is 4.90 Å². The Bertz CT molecular complexity index is 901. The lowest BCUT2D eigenvalue weighted by atomic mass is 10.0. The van der Waals surface area contributed by atoms with Crippen LogP contribution in [0.25, 0.3) is 11.1 Å². The zero-order valence-electron chi connectivity index (χ0n) is 16.4. The van der Waals surface area contributed by atoms with E-state index in [1.165, 1.54) is 22.4 Å². The molecule has 0 bridgehead atoms. The number of hydrogen-bond donors (Lipinski definition) is 0. The fourth-order valence-corrected chi connectivity index (χ4v) is 3.11. The van der Waals surface area contributed by atoms with Crippen LogP contribution in [0.3, 0.4) is 0 Å². The summed E-state index contributed by atoms with van der Waals surface area (Å²) in [6, 6.07) is 28.0. The van der Waals surface area contributed by atoms with Gasteiger partial charge in [0, 0.05) is 17.1 Å². The SMILES string of the molecule is C/C=C(\C=C/CC)N(c1ccccc1)c1ccc(-c2ccc(C)cc2)cc1. The van der Waals surface area contributed by atoms with Gasteiger partial charge in [-0.1, -0.05) is 79.2 Å². The van der Waals surface area contributed by atoms with Crippen LogP contribution in [0.4, 0.5) is 11.4 Å². The number of benzene rings is 3. The Labute approximate surface area is 163 Å². The molecule has 0 N–H and O–H groups in total. The van der Waals surface area contributed by atoms with E-state index in [9.17, 15) is 0 Å². The van der Waals surface area contributed by atoms with Crippen LogP contribution in [0.2, 0.25) is 0 Å². The summed E-state index contributed by atoms with van der Waals surface area (Å²) in [5, 5.41) is 0. The zero-order valence-corrected chi connectivity index (χ0v) is 16.4. The van der Waals surface area contributed by atoms with Crippen LogP contribution < -0.4 is 4.90 Å². The summed E-state index contributed by atoms with van der Waals surface area (Å²) in [5.41, 5.74) is 7.26. The summed E-state index contributed by atoms with van der Waals surface area (Å²) < 4.78 is 0. The molecule has 3 aromatic rings. The topological polar surface area (TPSA) is 3.24 Å². The highest BCUT2D eigenvalue weighted by molar-refractivity contribution is 5.73. The number of anilines is 2. The molecular weight excluding hydrogens is 326 g/mol. The Hall–Kier alpha value is -3.06. The summed E-state index contributed by atoms with van der Waals surface area (Å²) in [5.74, 6) is 0. The predicted octanol–water partition coefficient (Wildman–Crippen LogP) is 7.67. The molecule has 0 aliphatic carbocycles. The average molecular weight is 354 g/mol. The van der Waals surface area contributed by atoms with Crippen molar-refractivity contribution in [2.75, 3.05) is 4.90 Å². The van der Waals surface area contributed by atoms with E-state index in [0.717, 1.165) is 17.8 Å². The smallest absolute Gasteiger partial charge is 0.0461 e. The lowest BCUT2D eigenvalue weighted by Gasteiger charge is -2.26. The van der Waals surface area contributed by atoms with Crippen molar-refractivity contribution in [3.05, 3.63) is 108 Å². The van der Waals surface area contributed by atoms with Gasteiger partial charge in [0.25, 0.3) is 0 Å². The molecule has 0 fully saturated rings. The second-order valence-electron chi connectivity index (χ2n) is 6.61. The lowest BCUT2D eigenvalue weighted by molar-refractivity contribution is 1.17. The standard InChI is InChI=1S/C26H27N/c1-4-6-10-24(5-2)27(25-11-8-7-9-12-25)26-19-17-23(18-20-26)22-15-13-21(3)14-16-22/h5-20H,4H2,1-3H3/b10-6-,24-5+. The number of nitrogens with zero attached hydrogens (tertiary/aromatic N) is 1. The highest BCUT2D eigenvalue weighted by Crippen LogP contribution is 2.32. The maximum absolute atomic E-state index is 2.30. The molecule has 0 aliphatic heterocycles. The second kappa shape index (κ2) is 9.05. The third kappa shape index (κ3) is 4.57. The average Bonchev–Trinajstić information content (AvgIpc) is 2.72. The number of allylic oxidation sites excluding steroid dienone is 3. The molecule has 27 heavy (non-hydrogen) atoms. The van der Waals surface area contributed by atoms with Crippen molar-refractivity contribution in [3.63, 3.8) is 0 Å². The molecular formula is C26H27N. The Balaban J connectivity index is 1.99. The molecule has 0 aliphatic rings. The number of para-hydroxylation sites is 1. The summed E-state index contributed by atoms with van der Waals surface area (Å²) in [6.07, 6.45) is 7.58. The number of rotatable bonds is 6. The molecule has 0 saturated heterocycles. The Morgan fingerprint density at radius 3 is 1.89 bits per heavy atom. The first kappa shape index (κ1) is 18.7. The number of aryl methyl sites for hydroxylation is 1. The molecule has 0 unspecified atom stereocenters. The molecule has 1 heteroatoms. The van der Waals surface area contributed by atoms with Gasteiger partial charge in [0.2, 0.25) is 0 Å². The highest BCUT2D eigenvalue weighted by atomic mass is 15.1. The molecule has 0 spiro atoms. The molecule has 0 aromatic heterocycles. The molecule has 0 heterocycles. The van der Waals surface area contributed by atoms with Gasteiger partial charge >= 0.3 is 0 Å². The summed E-state index contributed by atoms with van der Waals surface area (Å²) >= 11 is 0. The van der Waals surface area contributed by atoms with E-state index in [2.05, 4.69) is 123 Å². The van der Waals surface area contributed by atoms with Crippen LogP contribution in [-0.2, 0) is 0 Å². The van der Waals surface area contributed by atoms with Gasteiger partial charge in [-0.3, -0.25) is 0 Å². The molecule has 136 valence electrons. The first-order chi connectivity index (χ1) is 13.2. The van der Waals surface area contributed by atoms with E-state index in [1.807, 2.05) is 0 Å². The summed E-state index contributed by atoms with van der Waals surface area (Å²) in [6.45, 7) is 6.37. The summed E-state index contributed by atoms with van der Waals surface area (Å²) in [4.78, 5) is 2.30. The third-order valence-electron chi connectivity index (χ3n) is 4.60. The van der Waals surface area contributed by atoms with Gasteiger partial charge in [-0.15, -0.1) is 0 Å². The van der Waals surface area contributed by atoms with Crippen LogP contribution in [0.5, 0.6) is 0 Å². The van der Waals surface area contributed by atoms with Crippen molar-refractivity contribution in [3.8, 4) is 11.1 Å². The Kier molecular flexibility index (Phi) is 6.27. The van der Waals surface area contributed by atoms with Gasteiger partial charge in [-0.05, 0) is 61.7 Å². The fraction of sp³-hybridized carbons (Fsp3) is 0.154. The van der Waals surface area contributed by atoms with E-state index in [4.69, 9.17) is 0 Å². The molecule has 3 aromatic carbocycles. The summed E-state index contributed by atoms with van der Waals surface area (Å²) in [7, 11) is 0. The Morgan fingerprint density at radius 1 is 0.778 bits per heavy atom. The van der Waals surface area contributed by atoms with Gasteiger partial charge in [0.05, 0.1) is 0 Å². The quantitative estimate of drug-likeness (QED) is 0.411. The van der Waals surface area contributed by atoms with Crippen molar-refractivity contribution in [1.82, 2.24) is 0 Å². The molecule has 0 atom stereocenters.